The minimum atomic E-state index is -0.936. The first kappa shape index (κ1) is 19.3. The van der Waals surface area contributed by atoms with Crippen LogP contribution in [0.3, 0.4) is 0 Å². The Kier molecular flexibility index (Phi) is 5.12. The molecule has 0 spiro atoms. The number of fused-ring (bicyclic) bond motifs is 1. The summed E-state index contributed by atoms with van der Waals surface area (Å²) in [6.45, 7) is 1.73. The topological polar surface area (TPSA) is 60.9 Å². The molecule has 1 N–H and O–H groups in total. The maximum atomic E-state index is 13.9. The first-order valence-electron chi connectivity index (χ1n) is 10.1. The van der Waals surface area contributed by atoms with Crippen LogP contribution < -0.4 is 0 Å². The molecule has 2 saturated heterocycles. The Hall–Kier alpha value is -2.02. The van der Waals surface area contributed by atoms with Crippen LogP contribution in [0, 0.1) is 23.0 Å². The molecule has 2 heterocycles. The molecule has 0 unspecified atom stereocenters. The van der Waals surface area contributed by atoms with Crippen LogP contribution in [0.1, 0.15) is 37.7 Å². The van der Waals surface area contributed by atoms with Crippen molar-refractivity contribution >= 4 is 11.9 Å². The molecule has 4 rings (SSSR count). The second kappa shape index (κ2) is 7.43. The molecule has 152 valence electrons. The third-order valence-corrected chi connectivity index (χ3v) is 6.86. The molecule has 1 saturated carbocycles. The van der Waals surface area contributed by atoms with Gasteiger partial charge in [0.2, 0.25) is 5.91 Å². The number of amides is 1. The van der Waals surface area contributed by atoms with Crippen LogP contribution in [-0.2, 0) is 16.0 Å². The highest BCUT2D eigenvalue weighted by atomic mass is 19.1. The van der Waals surface area contributed by atoms with Crippen molar-refractivity contribution in [1.82, 2.24) is 9.80 Å². The largest absolute Gasteiger partial charge is 0.481 e. The van der Waals surface area contributed by atoms with Gasteiger partial charge in [0.05, 0.1) is 6.42 Å². The van der Waals surface area contributed by atoms with E-state index in [1.807, 2.05) is 0 Å². The van der Waals surface area contributed by atoms with Crippen molar-refractivity contribution in [2.24, 2.45) is 11.3 Å². The Labute approximate surface area is 163 Å². The van der Waals surface area contributed by atoms with Gasteiger partial charge >= 0.3 is 5.97 Å². The van der Waals surface area contributed by atoms with Gasteiger partial charge in [0.15, 0.2) is 0 Å². The molecule has 1 aliphatic carbocycles. The van der Waals surface area contributed by atoms with E-state index in [2.05, 4.69) is 4.90 Å². The molecule has 3 aliphatic rings. The summed E-state index contributed by atoms with van der Waals surface area (Å²) in [6, 6.07) is 3.62. The van der Waals surface area contributed by atoms with Crippen molar-refractivity contribution in [3.63, 3.8) is 0 Å². The van der Waals surface area contributed by atoms with Gasteiger partial charge in [0.1, 0.15) is 17.0 Å². The number of carbonyl (C=O) groups excluding carboxylic acids is 1. The van der Waals surface area contributed by atoms with E-state index in [9.17, 15) is 23.5 Å². The predicted molar refractivity (Wildman–Crippen MR) is 98.6 cm³/mol. The van der Waals surface area contributed by atoms with Gasteiger partial charge in [-0.1, -0.05) is 25.3 Å². The number of halogens is 2. The molecule has 28 heavy (non-hydrogen) atoms. The smallest absolute Gasteiger partial charge is 0.313 e. The minimum Gasteiger partial charge on any atom is -0.481 e. The molecular weight excluding hydrogens is 366 g/mol. The van der Waals surface area contributed by atoms with Gasteiger partial charge in [0.25, 0.3) is 0 Å². The van der Waals surface area contributed by atoms with Gasteiger partial charge in [-0.3, -0.25) is 14.5 Å². The Balaban J connectivity index is 1.45. The summed E-state index contributed by atoms with van der Waals surface area (Å²) in [7, 11) is 0. The molecule has 0 bridgehead atoms. The van der Waals surface area contributed by atoms with Crippen LogP contribution in [0.15, 0.2) is 18.2 Å². The maximum Gasteiger partial charge on any atom is 0.313 e. The summed E-state index contributed by atoms with van der Waals surface area (Å²) in [5, 5.41) is 9.99. The van der Waals surface area contributed by atoms with Crippen molar-refractivity contribution in [1.29, 1.82) is 0 Å². The zero-order valence-electron chi connectivity index (χ0n) is 15.9. The number of carboxylic acids is 1. The summed E-state index contributed by atoms with van der Waals surface area (Å²) in [4.78, 5) is 28.7. The number of hydrogen-bond donors (Lipinski definition) is 1. The second-order valence-electron chi connectivity index (χ2n) is 8.57. The van der Waals surface area contributed by atoms with Crippen LogP contribution >= 0.6 is 0 Å². The number of rotatable bonds is 4. The zero-order valence-corrected chi connectivity index (χ0v) is 15.9. The Morgan fingerprint density at radius 3 is 2.50 bits per heavy atom. The highest BCUT2D eigenvalue weighted by molar-refractivity contribution is 5.83. The van der Waals surface area contributed by atoms with E-state index in [4.69, 9.17) is 0 Å². The summed E-state index contributed by atoms with van der Waals surface area (Å²) < 4.78 is 26.9. The van der Waals surface area contributed by atoms with Crippen molar-refractivity contribution in [3.8, 4) is 0 Å². The lowest BCUT2D eigenvalue weighted by molar-refractivity contribution is -0.149. The maximum absolute atomic E-state index is 13.9. The molecule has 0 radical (unpaired) electrons. The predicted octanol–water partition coefficient (Wildman–Crippen LogP) is 2.69. The van der Waals surface area contributed by atoms with E-state index in [0.717, 1.165) is 25.0 Å². The molecule has 1 amide bonds. The van der Waals surface area contributed by atoms with E-state index in [1.54, 1.807) is 4.90 Å². The van der Waals surface area contributed by atoms with E-state index < -0.39 is 23.0 Å². The minimum absolute atomic E-state index is 0.103. The fourth-order valence-corrected chi connectivity index (χ4v) is 5.26. The van der Waals surface area contributed by atoms with Crippen molar-refractivity contribution in [3.05, 3.63) is 35.4 Å². The lowest BCUT2D eigenvalue weighted by Crippen LogP contribution is -2.44. The molecule has 5 nitrogen and oxygen atoms in total. The molecule has 3 fully saturated rings. The van der Waals surface area contributed by atoms with Crippen LogP contribution in [0.2, 0.25) is 0 Å². The van der Waals surface area contributed by atoms with Crippen molar-refractivity contribution in [2.45, 2.75) is 44.6 Å². The number of carboxylic acid groups (broad SMARTS) is 1. The van der Waals surface area contributed by atoms with E-state index in [0.29, 0.717) is 25.7 Å². The number of aliphatic carboxylic acids is 1. The molecule has 0 aromatic heterocycles. The van der Waals surface area contributed by atoms with E-state index >= 15 is 0 Å². The van der Waals surface area contributed by atoms with Crippen LogP contribution in [0.4, 0.5) is 8.78 Å². The molecule has 2 aliphatic heterocycles. The van der Waals surface area contributed by atoms with E-state index in [1.165, 1.54) is 25.3 Å². The third kappa shape index (κ3) is 3.41. The van der Waals surface area contributed by atoms with Gasteiger partial charge in [-0.25, -0.2) is 8.78 Å². The Morgan fingerprint density at radius 2 is 1.86 bits per heavy atom. The zero-order chi connectivity index (χ0) is 19.9. The highest BCUT2D eigenvalue weighted by Crippen LogP contribution is 2.45. The molecular formula is C21H26F2N2O3. The average Bonchev–Trinajstić information content (AvgIpc) is 3.20. The summed E-state index contributed by atoms with van der Waals surface area (Å²) in [5.74, 6) is -2.68. The number of hydrogen-bond acceptors (Lipinski definition) is 3. The molecule has 2 atom stereocenters. The fraction of sp³-hybridized carbons (Fsp3) is 0.619. The van der Waals surface area contributed by atoms with Gasteiger partial charge in [-0.2, -0.15) is 0 Å². The normalized spacial score (nSPS) is 28.5. The average molecular weight is 392 g/mol. The summed E-state index contributed by atoms with van der Waals surface area (Å²) >= 11 is 0. The fourth-order valence-electron chi connectivity index (χ4n) is 5.26. The SMILES string of the molecule is O=C(Cc1ccc(F)cc1F)N1C[C@H]2CN(C3CCCCC3)C[C@@]2(C(=O)O)C1. The monoisotopic (exact) mass is 392 g/mol. The van der Waals surface area contributed by atoms with Crippen LogP contribution in [0.25, 0.3) is 0 Å². The van der Waals surface area contributed by atoms with Gasteiger partial charge in [-0.15, -0.1) is 0 Å². The second-order valence-corrected chi connectivity index (χ2v) is 8.57. The third-order valence-electron chi connectivity index (χ3n) is 6.86. The van der Waals surface area contributed by atoms with Gasteiger partial charge in [-0.05, 0) is 24.5 Å². The number of benzene rings is 1. The first-order chi connectivity index (χ1) is 13.4. The van der Waals surface area contributed by atoms with E-state index in [-0.39, 0.29) is 30.4 Å². The van der Waals surface area contributed by atoms with Gasteiger partial charge in [0, 0.05) is 44.2 Å². The number of likely N-dealkylation sites (tertiary alicyclic amines) is 2. The van der Waals surface area contributed by atoms with Gasteiger partial charge < -0.3 is 10.0 Å². The Bertz CT molecular complexity index is 781. The molecule has 1 aromatic rings. The van der Waals surface area contributed by atoms with Crippen LogP contribution in [0.5, 0.6) is 0 Å². The molecule has 1 aromatic carbocycles. The first-order valence-corrected chi connectivity index (χ1v) is 10.1. The lowest BCUT2D eigenvalue weighted by atomic mass is 9.81. The van der Waals surface area contributed by atoms with Crippen molar-refractivity contribution in [2.75, 3.05) is 26.2 Å². The number of nitrogens with zero attached hydrogens (tertiary/aromatic N) is 2. The lowest BCUT2D eigenvalue weighted by Gasteiger charge is -2.33. The van der Waals surface area contributed by atoms with Crippen molar-refractivity contribution < 1.29 is 23.5 Å². The standard InChI is InChI=1S/C21H26F2N2O3/c22-16-7-6-14(18(23)9-16)8-19(26)25-11-15-10-24(17-4-2-1-3-5-17)12-21(15,13-25)20(27)28/h6-7,9,15,17H,1-5,8,10-13H2,(H,27,28)/t15-,21-/m1/s1. The van der Waals surface area contributed by atoms with Crippen LogP contribution in [-0.4, -0.2) is 59.0 Å². The highest BCUT2D eigenvalue weighted by Gasteiger charge is 2.59. The summed E-state index contributed by atoms with van der Waals surface area (Å²) in [5.41, 5.74) is -0.800. The molecule has 7 heteroatoms. The quantitative estimate of drug-likeness (QED) is 0.856. The Morgan fingerprint density at radius 1 is 1.11 bits per heavy atom. The summed E-state index contributed by atoms with van der Waals surface area (Å²) in [6.07, 6.45) is 5.70. The number of carbonyl (C=O) groups is 2.